The molecule has 0 radical (unpaired) electrons. The largest absolute Gasteiger partial charge is 0.490 e. The Hall–Kier alpha value is -2.28. The van der Waals surface area contributed by atoms with Gasteiger partial charge in [0, 0.05) is 43.2 Å². The molecule has 1 unspecified atom stereocenters. The van der Waals surface area contributed by atoms with Crippen LogP contribution in [0, 0.1) is 0 Å². The number of rotatable bonds is 4. The van der Waals surface area contributed by atoms with Gasteiger partial charge in [0.15, 0.2) is 11.5 Å². The van der Waals surface area contributed by atoms with Gasteiger partial charge in [-0.15, -0.1) is 12.4 Å². The monoisotopic (exact) mass is 417 g/mol. The first-order chi connectivity index (χ1) is 13.6. The van der Waals surface area contributed by atoms with E-state index >= 15 is 0 Å². The molecule has 0 aliphatic carbocycles. The van der Waals surface area contributed by atoms with Crippen LogP contribution in [0.15, 0.2) is 48.5 Å². The topological polar surface area (TPSA) is 76.8 Å². The molecule has 0 spiro atoms. The summed E-state index contributed by atoms with van der Waals surface area (Å²) in [7, 11) is 0. The van der Waals surface area contributed by atoms with Gasteiger partial charge in [0.1, 0.15) is 0 Å². The first kappa shape index (κ1) is 21.4. The molecule has 0 aromatic heterocycles. The average Bonchev–Trinajstić information content (AvgIpc) is 2.95. The van der Waals surface area contributed by atoms with Crippen LogP contribution < -0.4 is 20.5 Å². The van der Waals surface area contributed by atoms with Crippen molar-refractivity contribution in [2.75, 3.05) is 31.6 Å². The summed E-state index contributed by atoms with van der Waals surface area (Å²) < 4.78 is 11.3. The highest BCUT2D eigenvalue weighted by Gasteiger charge is 2.35. The van der Waals surface area contributed by atoms with Gasteiger partial charge in [0.05, 0.1) is 19.3 Å². The molecule has 156 valence electrons. The summed E-state index contributed by atoms with van der Waals surface area (Å²) in [5.41, 5.74) is 8.32. The number of hydrogen-bond donors (Lipinski definition) is 2. The summed E-state index contributed by atoms with van der Waals surface area (Å²) in [4.78, 5) is 15.0. The molecular weight excluding hydrogens is 390 g/mol. The third-order valence-electron chi connectivity index (χ3n) is 5.56. The molecule has 1 amide bonds. The number of amides is 1. The van der Waals surface area contributed by atoms with Gasteiger partial charge in [-0.1, -0.05) is 30.3 Å². The number of benzene rings is 2. The maximum absolute atomic E-state index is 12.8. The van der Waals surface area contributed by atoms with Crippen LogP contribution in [0.1, 0.15) is 24.8 Å². The van der Waals surface area contributed by atoms with Crippen LogP contribution in [-0.4, -0.2) is 49.2 Å². The van der Waals surface area contributed by atoms with E-state index in [4.69, 9.17) is 15.2 Å². The molecule has 2 aliphatic rings. The highest BCUT2D eigenvalue weighted by molar-refractivity contribution is 5.94. The quantitative estimate of drug-likeness (QED) is 0.799. The van der Waals surface area contributed by atoms with E-state index in [1.54, 1.807) is 0 Å². The lowest BCUT2D eigenvalue weighted by atomic mass is 9.95. The van der Waals surface area contributed by atoms with E-state index in [2.05, 4.69) is 22.3 Å². The van der Waals surface area contributed by atoms with Crippen molar-refractivity contribution >= 4 is 24.0 Å². The summed E-state index contributed by atoms with van der Waals surface area (Å²) in [5, 5.41) is 3.00. The Morgan fingerprint density at radius 1 is 1.10 bits per heavy atom. The number of nitrogens with zero attached hydrogens (tertiary/aromatic N) is 1. The van der Waals surface area contributed by atoms with Gasteiger partial charge < -0.3 is 20.5 Å². The average molecular weight is 418 g/mol. The fourth-order valence-corrected chi connectivity index (χ4v) is 3.88. The Morgan fingerprint density at radius 3 is 2.59 bits per heavy atom. The van der Waals surface area contributed by atoms with E-state index in [0.29, 0.717) is 31.2 Å². The molecule has 2 aromatic rings. The SMILES string of the molecule is CC(C(=O)Nc1ccc2c(c1)OCCCO2)N1C[C@@H](N)[C@H](c2ccccc2)C1.Cl. The van der Waals surface area contributed by atoms with Crippen molar-refractivity contribution in [3.63, 3.8) is 0 Å². The van der Waals surface area contributed by atoms with E-state index in [9.17, 15) is 4.79 Å². The zero-order valence-electron chi connectivity index (χ0n) is 16.5. The predicted octanol–water partition coefficient (Wildman–Crippen LogP) is 3.02. The Balaban J connectivity index is 0.00000240. The van der Waals surface area contributed by atoms with Crippen molar-refractivity contribution in [2.24, 2.45) is 5.73 Å². The summed E-state index contributed by atoms with van der Waals surface area (Å²) in [6.07, 6.45) is 0.852. The highest BCUT2D eigenvalue weighted by atomic mass is 35.5. The second-order valence-corrected chi connectivity index (χ2v) is 7.51. The minimum absolute atomic E-state index is 0. The van der Waals surface area contributed by atoms with E-state index in [1.807, 2.05) is 43.3 Å². The number of carbonyl (C=O) groups excluding carboxylic acids is 1. The van der Waals surface area contributed by atoms with Crippen LogP contribution in [0.4, 0.5) is 5.69 Å². The van der Waals surface area contributed by atoms with Crippen LogP contribution in [0.3, 0.4) is 0 Å². The number of nitrogens with two attached hydrogens (primary N) is 1. The van der Waals surface area contributed by atoms with E-state index in [0.717, 1.165) is 18.7 Å². The van der Waals surface area contributed by atoms with E-state index < -0.39 is 0 Å². The highest BCUT2D eigenvalue weighted by Crippen LogP contribution is 2.33. The third-order valence-corrected chi connectivity index (χ3v) is 5.56. The first-order valence-corrected chi connectivity index (χ1v) is 9.87. The lowest BCUT2D eigenvalue weighted by Gasteiger charge is -2.23. The molecular formula is C22H28ClN3O3. The Kier molecular flexibility index (Phi) is 7.00. The first-order valence-electron chi connectivity index (χ1n) is 9.87. The number of carbonyl (C=O) groups is 1. The summed E-state index contributed by atoms with van der Waals surface area (Å²) in [5.74, 6) is 1.60. The van der Waals surface area contributed by atoms with Crippen molar-refractivity contribution in [1.29, 1.82) is 0 Å². The Labute approximate surface area is 177 Å². The molecule has 29 heavy (non-hydrogen) atoms. The van der Waals surface area contributed by atoms with Gasteiger partial charge in [-0.3, -0.25) is 9.69 Å². The van der Waals surface area contributed by atoms with Crippen molar-refractivity contribution in [1.82, 2.24) is 4.90 Å². The third kappa shape index (κ3) is 4.83. The van der Waals surface area contributed by atoms with Gasteiger partial charge >= 0.3 is 0 Å². The standard InChI is InChI=1S/C22H27N3O3.ClH/c1-15(25-13-18(19(23)14-25)16-6-3-2-4-7-16)22(26)24-17-8-9-20-21(12-17)28-11-5-10-27-20;/h2-4,6-9,12,15,18-19H,5,10-11,13-14,23H2,1H3,(H,24,26);1H/t15?,18-,19+;/m0./s1. The minimum atomic E-state index is -0.268. The molecule has 2 heterocycles. The van der Waals surface area contributed by atoms with Gasteiger partial charge in [0.2, 0.25) is 5.91 Å². The molecule has 1 saturated heterocycles. The lowest BCUT2D eigenvalue weighted by Crippen LogP contribution is -2.41. The second-order valence-electron chi connectivity index (χ2n) is 7.51. The fraction of sp³-hybridized carbons (Fsp3) is 0.409. The second kappa shape index (κ2) is 9.48. The minimum Gasteiger partial charge on any atom is -0.490 e. The molecule has 4 rings (SSSR count). The van der Waals surface area contributed by atoms with Crippen LogP contribution in [0.25, 0.3) is 0 Å². The number of anilines is 1. The number of hydrogen-bond acceptors (Lipinski definition) is 5. The van der Waals surface area contributed by atoms with Crippen molar-refractivity contribution < 1.29 is 14.3 Å². The van der Waals surface area contributed by atoms with Crippen molar-refractivity contribution in [2.45, 2.75) is 31.3 Å². The summed E-state index contributed by atoms with van der Waals surface area (Å²) in [6, 6.07) is 15.6. The molecule has 3 atom stereocenters. The molecule has 6 nitrogen and oxygen atoms in total. The van der Waals surface area contributed by atoms with Gasteiger partial charge in [-0.05, 0) is 24.6 Å². The van der Waals surface area contributed by atoms with Gasteiger partial charge in [-0.25, -0.2) is 0 Å². The molecule has 2 aromatic carbocycles. The van der Waals surface area contributed by atoms with Crippen LogP contribution in [0.5, 0.6) is 11.5 Å². The molecule has 0 bridgehead atoms. The fourth-order valence-electron chi connectivity index (χ4n) is 3.88. The number of ether oxygens (including phenoxy) is 2. The van der Waals surface area contributed by atoms with Crippen LogP contribution in [-0.2, 0) is 4.79 Å². The Morgan fingerprint density at radius 2 is 1.83 bits per heavy atom. The zero-order valence-corrected chi connectivity index (χ0v) is 17.4. The van der Waals surface area contributed by atoms with Gasteiger partial charge in [-0.2, -0.15) is 0 Å². The molecule has 7 heteroatoms. The van der Waals surface area contributed by atoms with E-state index in [1.165, 1.54) is 5.56 Å². The predicted molar refractivity (Wildman–Crippen MR) is 116 cm³/mol. The lowest BCUT2D eigenvalue weighted by molar-refractivity contribution is -0.120. The number of halogens is 1. The number of fused-ring (bicyclic) bond motifs is 1. The Bertz CT molecular complexity index is 833. The molecule has 3 N–H and O–H groups in total. The van der Waals surface area contributed by atoms with Crippen LogP contribution >= 0.6 is 12.4 Å². The smallest absolute Gasteiger partial charge is 0.241 e. The maximum Gasteiger partial charge on any atom is 0.241 e. The molecule has 2 aliphatic heterocycles. The molecule has 0 saturated carbocycles. The number of nitrogens with one attached hydrogen (secondary N) is 1. The van der Waals surface area contributed by atoms with Crippen LogP contribution in [0.2, 0.25) is 0 Å². The normalized spacial score (nSPS) is 22.3. The summed E-state index contributed by atoms with van der Waals surface area (Å²) in [6.45, 7) is 4.68. The van der Waals surface area contributed by atoms with Crippen molar-refractivity contribution in [3.05, 3.63) is 54.1 Å². The van der Waals surface area contributed by atoms with Gasteiger partial charge in [0.25, 0.3) is 0 Å². The number of likely N-dealkylation sites (tertiary alicyclic amines) is 1. The molecule has 1 fully saturated rings. The van der Waals surface area contributed by atoms with Crippen molar-refractivity contribution in [3.8, 4) is 11.5 Å². The zero-order chi connectivity index (χ0) is 19.5. The summed E-state index contributed by atoms with van der Waals surface area (Å²) >= 11 is 0. The van der Waals surface area contributed by atoms with E-state index in [-0.39, 0.29) is 36.3 Å². The maximum atomic E-state index is 12.8.